The van der Waals surface area contributed by atoms with Crippen LogP contribution in [0.4, 0.5) is 18.9 Å². The molecule has 0 saturated heterocycles. The van der Waals surface area contributed by atoms with Crippen molar-refractivity contribution in [3.63, 3.8) is 0 Å². The molecule has 1 N–H and O–H groups in total. The fourth-order valence-corrected chi connectivity index (χ4v) is 2.32. The Kier molecular flexibility index (Phi) is 5.12. The monoisotopic (exact) mass is 359 g/mol. The molecule has 2 rings (SSSR count). The smallest absolute Gasteiger partial charge is 0.387 e. The highest BCUT2D eigenvalue weighted by Gasteiger charge is 2.15. The third kappa shape index (κ3) is 4.14. The van der Waals surface area contributed by atoms with E-state index in [-0.39, 0.29) is 11.6 Å². The lowest BCUT2D eigenvalue weighted by atomic mass is 10.1. The number of benzene rings is 2. The summed E-state index contributed by atoms with van der Waals surface area (Å²) < 4.78 is 43.7. The first kappa shape index (κ1) is 15.7. The van der Waals surface area contributed by atoms with E-state index in [1.165, 1.54) is 12.1 Å². The predicted octanol–water partition coefficient (Wildman–Crippen LogP) is 5.36. The number of ether oxygens (including phenoxy) is 1. The van der Waals surface area contributed by atoms with Gasteiger partial charge in [-0.05, 0) is 37.3 Å². The second-order valence-electron chi connectivity index (χ2n) is 4.41. The maximum absolute atomic E-state index is 13.8. The van der Waals surface area contributed by atoms with Gasteiger partial charge in [-0.1, -0.05) is 28.1 Å². The van der Waals surface area contributed by atoms with Crippen molar-refractivity contribution < 1.29 is 17.9 Å². The molecule has 0 heterocycles. The van der Waals surface area contributed by atoms with E-state index in [9.17, 15) is 13.2 Å². The minimum atomic E-state index is -2.91. The Morgan fingerprint density at radius 2 is 1.86 bits per heavy atom. The molecule has 0 radical (unpaired) electrons. The molecule has 1 atom stereocenters. The minimum absolute atomic E-state index is 0.0229. The number of hydrogen-bond donors (Lipinski definition) is 1. The molecule has 0 spiro atoms. The van der Waals surface area contributed by atoms with Crippen LogP contribution in [0.2, 0.25) is 0 Å². The summed E-state index contributed by atoms with van der Waals surface area (Å²) in [6, 6.07) is 10.5. The number of halogens is 4. The van der Waals surface area contributed by atoms with E-state index < -0.39 is 12.7 Å². The molecular formula is C15H13BrF3NO. The molecule has 2 nitrogen and oxygen atoms in total. The lowest BCUT2D eigenvalue weighted by molar-refractivity contribution is -0.0493. The summed E-state index contributed by atoms with van der Waals surface area (Å²) >= 11 is 3.28. The van der Waals surface area contributed by atoms with Crippen molar-refractivity contribution in [1.29, 1.82) is 0 Å². The predicted molar refractivity (Wildman–Crippen MR) is 79.2 cm³/mol. The second-order valence-corrected chi connectivity index (χ2v) is 5.32. The van der Waals surface area contributed by atoms with Crippen LogP contribution < -0.4 is 10.1 Å². The number of hydrogen-bond acceptors (Lipinski definition) is 2. The summed E-state index contributed by atoms with van der Waals surface area (Å²) in [5.74, 6) is -0.347. The third-order valence-electron chi connectivity index (χ3n) is 2.90. The summed E-state index contributed by atoms with van der Waals surface area (Å²) in [4.78, 5) is 0. The van der Waals surface area contributed by atoms with E-state index in [4.69, 9.17) is 0 Å². The van der Waals surface area contributed by atoms with Gasteiger partial charge in [0.2, 0.25) is 0 Å². The zero-order valence-corrected chi connectivity index (χ0v) is 12.7. The van der Waals surface area contributed by atoms with Crippen LogP contribution in [-0.2, 0) is 0 Å². The quantitative estimate of drug-likeness (QED) is 0.775. The van der Waals surface area contributed by atoms with Gasteiger partial charge >= 0.3 is 6.61 Å². The summed E-state index contributed by atoms with van der Waals surface area (Å²) in [7, 11) is 0. The Hall–Kier alpha value is -1.69. The summed E-state index contributed by atoms with van der Waals surface area (Å²) in [5, 5.41) is 2.98. The summed E-state index contributed by atoms with van der Waals surface area (Å²) in [6.07, 6.45) is 0. The number of anilines is 1. The second kappa shape index (κ2) is 6.85. The molecule has 21 heavy (non-hydrogen) atoms. The normalized spacial score (nSPS) is 12.3. The van der Waals surface area contributed by atoms with Crippen molar-refractivity contribution in [3.8, 4) is 5.75 Å². The van der Waals surface area contributed by atoms with Gasteiger partial charge in [-0.3, -0.25) is 0 Å². The van der Waals surface area contributed by atoms with Crippen LogP contribution in [0.15, 0.2) is 46.9 Å². The number of alkyl halides is 2. The standard InChI is InChI=1S/C15H13BrF3NO/c1-9(11-8-10(16)6-7-12(11)17)20-13-4-2-3-5-14(13)21-15(18)19/h2-9,15,20H,1H3. The van der Waals surface area contributed by atoms with Crippen molar-refractivity contribution in [2.45, 2.75) is 19.6 Å². The molecule has 112 valence electrons. The van der Waals surface area contributed by atoms with E-state index in [2.05, 4.69) is 26.0 Å². The molecule has 0 fully saturated rings. The Balaban J connectivity index is 2.23. The number of para-hydroxylation sites is 2. The molecule has 0 aliphatic carbocycles. The Labute approximate surface area is 129 Å². The lowest BCUT2D eigenvalue weighted by Crippen LogP contribution is -2.11. The summed E-state index contributed by atoms with van der Waals surface area (Å²) in [6.45, 7) is -1.17. The van der Waals surface area contributed by atoms with Gasteiger partial charge in [0.15, 0.2) is 0 Å². The van der Waals surface area contributed by atoms with E-state index in [0.717, 1.165) is 4.47 Å². The third-order valence-corrected chi connectivity index (χ3v) is 3.39. The Morgan fingerprint density at radius 3 is 2.57 bits per heavy atom. The highest BCUT2D eigenvalue weighted by Crippen LogP contribution is 2.30. The van der Waals surface area contributed by atoms with Gasteiger partial charge in [0, 0.05) is 10.0 Å². The van der Waals surface area contributed by atoms with E-state index in [0.29, 0.717) is 11.3 Å². The fourth-order valence-electron chi connectivity index (χ4n) is 1.94. The topological polar surface area (TPSA) is 21.3 Å². The van der Waals surface area contributed by atoms with Gasteiger partial charge < -0.3 is 10.1 Å². The van der Waals surface area contributed by atoms with Gasteiger partial charge in [-0.2, -0.15) is 8.78 Å². The number of nitrogens with one attached hydrogen (secondary N) is 1. The van der Waals surface area contributed by atoms with Crippen LogP contribution in [0.3, 0.4) is 0 Å². The molecule has 0 bridgehead atoms. The molecule has 2 aromatic carbocycles. The van der Waals surface area contributed by atoms with Crippen molar-refractivity contribution in [2.24, 2.45) is 0 Å². The minimum Gasteiger partial charge on any atom is -0.433 e. The molecule has 0 amide bonds. The zero-order valence-electron chi connectivity index (χ0n) is 11.1. The highest BCUT2D eigenvalue weighted by molar-refractivity contribution is 9.10. The van der Waals surface area contributed by atoms with Crippen LogP contribution >= 0.6 is 15.9 Å². The van der Waals surface area contributed by atoms with Crippen LogP contribution in [0, 0.1) is 5.82 Å². The van der Waals surface area contributed by atoms with Gasteiger partial charge in [-0.25, -0.2) is 4.39 Å². The molecule has 2 aromatic rings. The summed E-state index contributed by atoms with van der Waals surface area (Å²) in [5.41, 5.74) is 0.806. The number of rotatable bonds is 5. The van der Waals surface area contributed by atoms with Gasteiger partial charge in [0.1, 0.15) is 11.6 Å². The van der Waals surface area contributed by atoms with Crippen molar-refractivity contribution in [2.75, 3.05) is 5.32 Å². The zero-order chi connectivity index (χ0) is 15.4. The first-order valence-corrected chi connectivity index (χ1v) is 7.02. The fraction of sp³-hybridized carbons (Fsp3) is 0.200. The van der Waals surface area contributed by atoms with Gasteiger partial charge in [0.25, 0.3) is 0 Å². The molecule has 6 heteroatoms. The highest BCUT2D eigenvalue weighted by atomic mass is 79.9. The molecule has 0 saturated carbocycles. The molecular weight excluding hydrogens is 347 g/mol. The lowest BCUT2D eigenvalue weighted by Gasteiger charge is -2.19. The Bertz CT molecular complexity index is 622. The van der Waals surface area contributed by atoms with E-state index >= 15 is 0 Å². The van der Waals surface area contributed by atoms with Crippen molar-refractivity contribution >= 4 is 21.6 Å². The van der Waals surface area contributed by atoms with Crippen molar-refractivity contribution in [3.05, 3.63) is 58.3 Å². The van der Waals surface area contributed by atoms with Crippen LogP contribution in [0.25, 0.3) is 0 Å². The maximum atomic E-state index is 13.8. The largest absolute Gasteiger partial charge is 0.433 e. The maximum Gasteiger partial charge on any atom is 0.387 e. The Morgan fingerprint density at radius 1 is 1.14 bits per heavy atom. The van der Waals surface area contributed by atoms with E-state index in [1.807, 2.05) is 0 Å². The van der Waals surface area contributed by atoms with Crippen LogP contribution in [-0.4, -0.2) is 6.61 Å². The van der Waals surface area contributed by atoms with Crippen LogP contribution in [0.5, 0.6) is 5.75 Å². The molecule has 1 unspecified atom stereocenters. The van der Waals surface area contributed by atoms with Gasteiger partial charge in [-0.15, -0.1) is 0 Å². The SMILES string of the molecule is CC(Nc1ccccc1OC(F)F)c1cc(Br)ccc1F. The first-order chi connectivity index (χ1) is 9.97. The van der Waals surface area contributed by atoms with E-state index in [1.54, 1.807) is 37.3 Å². The molecule has 0 aliphatic heterocycles. The average molecular weight is 360 g/mol. The molecule has 0 aromatic heterocycles. The molecule has 0 aliphatic rings. The van der Waals surface area contributed by atoms with Gasteiger partial charge in [0.05, 0.1) is 11.7 Å². The first-order valence-electron chi connectivity index (χ1n) is 6.22. The van der Waals surface area contributed by atoms with Crippen LogP contribution in [0.1, 0.15) is 18.5 Å². The van der Waals surface area contributed by atoms with Crippen molar-refractivity contribution in [1.82, 2.24) is 0 Å². The average Bonchev–Trinajstić information content (AvgIpc) is 2.43.